The molecule has 72 heavy (non-hydrogen) atoms. The number of hydrogen-bond donors (Lipinski definition) is 3. The van der Waals surface area contributed by atoms with Crippen molar-refractivity contribution in [1.29, 1.82) is 0 Å². The molecule has 428 valence electrons. The Kier molecular flexibility index (Phi) is 60.9. The molecule has 0 bridgehead atoms. The minimum Gasteiger partial charge on any atom is -0.466 e. The van der Waals surface area contributed by atoms with Gasteiger partial charge in [0.05, 0.1) is 25.4 Å². The first kappa shape index (κ1) is 70.6. The lowest BCUT2D eigenvalue weighted by Gasteiger charge is -2.22. The third-order valence-corrected chi connectivity index (χ3v) is 15.6. The highest BCUT2D eigenvalue weighted by Gasteiger charge is 2.20. The van der Waals surface area contributed by atoms with Gasteiger partial charge >= 0.3 is 5.97 Å². The largest absolute Gasteiger partial charge is 0.466 e. The molecule has 0 fully saturated rings. The van der Waals surface area contributed by atoms with Gasteiger partial charge in [-0.15, -0.1) is 0 Å². The van der Waals surface area contributed by atoms with Crippen molar-refractivity contribution in [3.05, 3.63) is 12.2 Å². The number of nitrogens with one attached hydrogen (secondary N) is 1. The molecule has 0 aromatic heterocycles. The first-order valence-corrected chi connectivity index (χ1v) is 32.9. The standard InChI is InChI=1S/C66H129NO5/c1-3-5-7-9-11-13-15-16-17-18-19-20-23-26-29-32-35-39-42-46-50-54-58-64(69)63(62-68)67-65(70)59-55-51-47-43-40-36-33-30-27-24-21-22-25-28-31-34-37-41-45-49-53-57-61-72-66(71)60-56-52-48-44-38-14-12-10-8-6-4-2/h10,12,63-64,68-69H,3-9,11,13-62H2,1-2H3,(H,67,70)/b12-10-. The van der Waals surface area contributed by atoms with Crippen molar-refractivity contribution in [3.8, 4) is 0 Å². The van der Waals surface area contributed by atoms with Crippen LogP contribution < -0.4 is 5.32 Å². The zero-order valence-electron chi connectivity index (χ0n) is 48.9. The van der Waals surface area contributed by atoms with Crippen LogP contribution in [-0.4, -0.2) is 47.4 Å². The van der Waals surface area contributed by atoms with E-state index in [9.17, 15) is 19.8 Å². The Hall–Kier alpha value is -1.40. The van der Waals surface area contributed by atoms with E-state index in [4.69, 9.17) is 4.74 Å². The maximum absolute atomic E-state index is 12.5. The Balaban J connectivity index is 3.38. The van der Waals surface area contributed by atoms with Gasteiger partial charge in [-0.1, -0.05) is 328 Å². The second-order valence-corrected chi connectivity index (χ2v) is 22.8. The number of unbranched alkanes of at least 4 members (excludes halogenated alkanes) is 49. The van der Waals surface area contributed by atoms with E-state index in [1.54, 1.807) is 0 Å². The summed E-state index contributed by atoms with van der Waals surface area (Å²) in [6, 6.07) is -0.542. The lowest BCUT2D eigenvalue weighted by Crippen LogP contribution is -2.45. The molecule has 0 saturated carbocycles. The van der Waals surface area contributed by atoms with Gasteiger partial charge in [0, 0.05) is 12.8 Å². The minimum absolute atomic E-state index is 0.00311. The van der Waals surface area contributed by atoms with Gasteiger partial charge in [-0.2, -0.15) is 0 Å². The molecule has 0 heterocycles. The zero-order chi connectivity index (χ0) is 52.2. The molecule has 0 rings (SSSR count). The fraction of sp³-hybridized carbons (Fsp3) is 0.939. The van der Waals surface area contributed by atoms with Crippen LogP contribution in [0, 0.1) is 0 Å². The van der Waals surface area contributed by atoms with E-state index in [0.717, 1.165) is 44.9 Å². The van der Waals surface area contributed by atoms with Gasteiger partial charge in [0.15, 0.2) is 0 Å². The predicted octanol–water partition coefficient (Wildman–Crippen LogP) is 20.8. The normalized spacial score (nSPS) is 12.6. The van der Waals surface area contributed by atoms with Gasteiger partial charge in [-0.25, -0.2) is 0 Å². The highest BCUT2D eigenvalue weighted by atomic mass is 16.5. The molecule has 0 spiro atoms. The van der Waals surface area contributed by atoms with Crippen molar-refractivity contribution in [1.82, 2.24) is 5.32 Å². The predicted molar refractivity (Wildman–Crippen MR) is 315 cm³/mol. The Morgan fingerprint density at radius 3 is 1.03 bits per heavy atom. The maximum atomic E-state index is 12.5. The number of allylic oxidation sites excluding steroid dienone is 2. The van der Waals surface area contributed by atoms with E-state index in [1.165, 1.54) is 295 Å². The number of rotatable bonds is 62. The van der Waals surface area contributed by atoms with Crippen molar-refractivity contribution in [2.24, 2.45) is 0 Å². The highest BCUT2D eigenvalue weighted by Crippen LogP contribution is 2.19. The van der Waals surface area contributed by atoms with Gasteiger partial charge in [0.2, 0.25) is 5.91 Å². The van der Waals surface area contributed by atoms with Crippen LogP contribution in [-0.2, 0) is 14.3 Å². The second kappa shape index (κ2) is 62.1. The van der Waals surface area contributed by atoms with Crippen LogP contribution in [0.1, 0.15) is 373 Å². The van der Waals surface area contributed by atoms with Crippen LogP contribution in [0.4, 0.5) is 0 Å². The first-order valence-electron chi connectivity index (χ1n) is 32.9. The number of carbonyl (C=O) groups is 2. The average Bonchev–Trinajstić information content (AvgIpc) is 3.38. The molecule has 1 amide bonds. The molecule has 0 saturated heterocycles. The molecule has 0 aliphatic heterocycles. The fourth-order valence-electron chi connectivity index (χ4n) is 10.5. The van der Waals surface area contributed by atoms with Crippen molar-refractivity contribution in [2.45, 2.75) is 386 Å². The summed E-state index contributed by atoms with van der Waals surface area (Å²) in [5, 5.41) is 23.4. The van der Waals surface area contributed by atoms with Gasteiger partial charge in [0.25, 0.3) is 0 Å². The molecular formula is C66H129NO5. The van der Waals surface area contributed by atoms with Crippen LogP contribution in [0.2, 0.25) is 0 Å². The number of esters is 1. The molecule has 0 aromatic carbocycles. The zero-order valence-corrected chi connectivity index (χ0v) is 48.9. The Morgan fingerprint density at radius 2 is 0.667 bits per heavy atom. The third-order valence-electron chi connectivity index (χ3n) is 15.6. The smallest absolute Gasteiger partial charge is 0.305 e. The summed E-state index contributed by atoms with van der Waals surface area (Å²) >= 11 is 0. The van der Waals surface area contributed by atoms with E-state index >= 15 is 0 Å². The van der Waals surface area contributed by atoms with E-state index in [0.29, 0.717) is 25.9 Å². The Morgan fingerprint density at radius 1 is 0.375 bits per heavy atom. The number of aliphatic hydroxyl groups excluding tert-OH is 2. The number of amides is 1. The van der Waals surface area contributed by atoms with E-state index in [1.807, 2.05) is 0 Å². The molecule has 6 nitrogen and oxygen atoms in total. The summed E-state index contributed by atoms with van der Waals surface area (Å²) in [5.74, 6) is -0.0276. The molecular weight excluding hydrogens is 887 g/mol. The van der Waals surface area contributed by atoms with Crippen molar-refractivity contribution < 1.29 is 24.5 Å². The monoisotopic (exact) mass is 1020 g/mol. The number of ether oxygens (including phenoxy) is 1. The van der Waals surface area contributed by atoms with Crippen LogP contribution in [0.5, 0.6) is 0 Å². The summed E-state index contributed by atoms with van der Waals surface area (Å²) in [6.45, 7) is 4.95. The molecule has 2 unspecified atom stereocenters. The van der Waals surface area contributed by atoms with Crippen LogP contribution in [0.15, 0.2) is 12.2 Å². The van der Waals surface area contributed by atoms with Crippen LogP contribution >= 0.6 is 0 Å². The Bertz CT molecular complexity index is 1080. The number of aliphatic hydroxyl groups is 2. The molecule has 0 aliphatic carbocycles. The van der Waals surface area contributed by atoms with Gasteiger partial charge in [0.1, 0.15) is 0 Å². The van der Waals surface area contributed by atoms with E-state index in [-0.39, 0.29) is 18.5 Å². The maximum Gasteiger partial charge on any atom is 0.305 e. The molecule has 0 radical (unpaired) electrons. The SMILES string of the molecule is CCCC/C=C\CCCCCCCC(=O)OCCCCCCCCCCCCCCCCCCCCCCCCC(=O)NC(CO)C(O)CCCCCCCCCCCCCCCCCCCCCCCC. The molecule has 0 aliphatic rings. The third kappa shape index (κ3) is 57.9. The fourth-order valence-corrected chi connectivity index (χ4v) is 10.5. The Labute approximate surface area is 450 Å². The molecule has 6 heteroatoms. The molecule has 3 N–H and O–H groups in total. The van der Waals surface area contributed by atoms with E-state index < -0.39 is 12.1 Å². The van der Waals surface area contributed by atoms with Crippen LogP contribution in [0.25, 0.3) is 0 Å². The summed E-state index contributed by atoms with van der Waals surface area (Å²) in [5.41, 5.74) is 0. The summed E-state index contributed by atoms with van der Waals surface area (Å²) in [6.07, 6.45) is 75.2. The van der Waals surface area contributed by atoms with Crippen LogP contribution in [0.3, 0.4) is 0 Å². The van der Waals surface area contributed by atoms with Gasteiger partial charge in [-0.05, 0) is 44.9 Å². The highest BCUT2D eigenvalue weighted by molar-refractivity contribution is 5.76. The first-order chi connectivity index (χ1) is 35.5. The molecule has 0 aromatic rings. The molecule has 2 atom stereocenters. The van der Waals surface area contributed by atoms with Crippen molar-refractivity contribution in [3.63, 3.8) is 0 Å². The average molecular weight is 1020 g/mol. The summed E-state index contributed by atoms with van der Waals surface area (Å²) in [4.78, 5) is 24.5. The summed E-state index contributed by atoms with van der Waals surface area (Å²) in [7, 11) is 0. The van der Waals surface area contributed by atoms with Crippen molar-refractivity contribution in [2.75, 3.05) is 13.2 Å². The summed E-state index contributed by atoms with van der Waals surface area (Å²) < 4.78 is 5.46. The lowest BCUT2D eigenvalue weighted by molar-refractivity contribution is -0.143. The van der Waals surface area contributed by atoms with Gasteiger partial charge < -0.3 is 20.3 Å². The quantitative estimate of drug-likeness (QED) is 0.0320. The topological polar surface area (TPSA) is 95.9 Å². The van der Waals surface area contributed by atoms with E-state index in [2.05, 4.69) is 31.3 Å². The second-order valence-electron chi connectivity index (χ2n) is 22.8. The number of carbonyl (C=O) groups excluding carboxylic acids is 2. The lowest BCUT2D eigenvalue weighted by atomic mass is 10.0. The minimum atomic E-state index is -0.665. The number of hydrogen-bond acceptors (Lipinski definition) is 5. The van der Waals surface area contributed by atoms with Gasteiger partial charge in [-0.3, -0.25) is 9.59 Å². The van der Waals surface area contributed by atoms with Crippen molar-refractivity contribution >= 4 is 11.9 Å².